The summed E-state index contributed by atoms with van der Waals surface area (Å²) >= 11 is 0. The number of hydrogen-bond donors (Lipinski definition) is 0. The summed E-state index contributed by atoms with van der Waals surface area (Å²) < 4.78 is 0. The van der Waals surface area contributed by atoms with Gasteiger partial charge < -0.3 is 4.90 Å². The van der Waals surface area contributed by atoms with Gasteiger partial charge in [-0.2, -0.15) is 0 Å². The Balaban J connectivity index is 1.76. The lowest BCUT2D eigenvalue weighted by atomic mass is 9.98. The molecule has 1 fully saturated rings. The van der Waals surface area contributed by atoms with Gasteiger partial charge in [0, 0.05) is 25.9 Å². The number of amidine groups is 1. The van der Waals surface area contributed by atoms with Gasteiger partial charge in [-0.15, -0.1) is 0 Å². The fourth-order valence-electron chi connectivity index (χ4n) is 3.01. The highest BCUT2D eigenvalue weighted by molar-refractivity contribution is 5.85. The van der Waals surface area contributed by atoms with E-state index < -0.39 is 0 Å². The van der Waals surface area contributed by atoms with Crippen molar-refractivity contribution in [2.75, 3.05) is 13.6 Å². The summed E-state index contributed by atoms with van der Waals surface area (Å²) in [5.41, 5.74) is 2.70. The topological polar surface area (TPSA) is 15.6 Å². The van der Waals surface area contributed by atoms with Gasteiger partial charge in [-0.25, -0.2) is 0 Å². The molecular weight excluding hydrogens is 256 g/mol. The highest BCUT2D eigenvalue weighted by Gasteiger charge is 2.26. The molecule has 2 nitrogen and oxygen atoms in total. The molecule has 2 atom stereocenters. The van der Waals surface area contributed by atoms with E-state index in [-0.39, 0.29) is 6.04 Å². The van der Waals surface area contributed by atoms with Crippen LogP contribution in [0, 0.1) is 0 Å². The molecule has 0 spiro atoms. The number of benzene rings is 2. The molecule has 2 aromatic carbocycles. The van der Waals surface area contributed by atoms with Gasteiger partial charge in [0.15, 0.2) is 0 Å². The summed E-state index contributed by atoms with van der Waals surface area (Å²) in [6.45, 7) is 3.23. The molecule has 1 aliphatic rings. The van der Waals surface area contributed by atoms with Crippen LogP contribution >= 0.6 is 0 Å². The molecule has 108 valence electrons. The average Bonchev–Trinajstić information content (AvgIpc) is 2.90. The van der Waals surface area contributed by atoms with E-state index in [2.05, 4.69) is 79.5 Å². The Morgan fingerprint density at radius 2 is 1.62 bits per heavy atom. The minimum Gasteiger partial charge on any atom is -0.363 e. The standard InChI is InChI=1S/C19H22N2/c1-15(16-9-5-3-6-10-16)20-19-13-18(14-21(19)2)17-11-7-4-8-12-17/h3-12,15,18H,13-14H2,1-2H3. The lowest BCUT2D eigenvalue weighted by molar-refractivity contribution is 0.517. The fraction of sp³-hybridized carbons (Fsp3) is 0.316. The second-order valence-corrected chi connectivity index (χ2v) is 5.82. The third-order valence-electron chi connectivity index (χ3n) is 4.26. The monoisotopic (exact) mass is 278 g/mol. The minimum absolute atomic E-state index is 0.221. The Hall–Kier alpha value is -2.09. The summed E-state index contributed by atoms with van der Waals surface area (Å²) in [7, 11) is 2.15. The number of likely N-dealkylation sites (tertiary alicyclic amines) is 1. The molecule has 1 saturated heterocycles. The molecule has 0 radical (unpaired) electrons. The second kappa shape index (κ2) is 6.13. The van der Waals surface area contributed by atoms with E-state index in [0.29, 0.717) is 5.92 Å². The first-order chi connectivity index (χ1) is 10.2. The number of hydrogen-bond acceptors (Lipinski definition) is 1. The van der Waals surface area contributed by atoms with Gasteiger partial charge in [-0.3, -0.25) is 4.99 Å². The largest absolute Gasteiger partial charge is 0.363 e. The zero-order valence-electron chi connectivity index (χ0n) is 12.7. The van der Waals surface area contributed by atoms with Crippen molar-refractivity contribution >= 4 is 5.84 Å². The highest BCUT2D eigenvalue weighted by atomic mass is 15.2. The molecule has 2 heteroatoms. The van der Waals surface area contributed by atoms with Crippen LogP contribution in [-0.2, 0) is 0 Å². The van der Waals surface area contributed by atoms with E-state index in [9.17, 15) is 0 Å². The van der Waals surface area contributed by atoms with Crippen molar-refractivity contribution < 1.29 is 0 Å². The molecule has 3 rings (SSSR count). The van der Waals surface area contributed by atoms with E-state index >= 15 is 0 Å². The summed E-state index contributed by atoms with van der Waals surface area (Å²) in [4.78, 5) is 7.25. The quantitative estimate of drug-likeness (QED) is 0.819. The lowest BCUT2D eigenvalue weighted by Gasteiger charge is -2.14. The van der Waals surface area contributed by atoms with Gasteiger partial charge in [0.25, 0.3) is 0 Å². The zero-order valence-corrected chi connectivity index (χ0v) is 12.7. The van der Waals surface area contributed by atoms with Gasteiger partial charge in [-0.1, -0.05) is 60.7 Å². The number of rotatable bonds is 3. The Labute approximate surface area is 127 Å². The molecule has 0 saturated carbocycles. The predicted octanol–water partition coefficient (Wildman–Crippen LogP) is 4.27. The van der Waals surface area contributed by atoms with Crippen LogP contribution in [0.2, 0.25) is 0 Å². The summed E-state index contributed by atoms with van der Waals surface area (Å²) in [6, 6.07) is 21.5. The van der Waals surface area contributed by atoms with Crippen molar-refractivity contribution in [2.24, 2.45) is 4.99 Å². The molecule has 0 N–H and O–H groups in total. The Kier molecular flexibility index (Phi) is 4.05. The first kappa shape index (κ1) is 13.9. The molecule has 2 unspecified atom stereocenters. The number of nitrogens with zero attached hydrogens (tertiary/aromatic N) is 2. The smallest absolute Gasteiger partial charge is 0.100 e. The Morgan fingerprint density at radius 1 is 1.00 bits per heavy atom. The maximum absolute atomic E-state index is 4.95. The van der Waals surface area contributed by atoms with Gasteiger partial charge in [0.1, 0.15) is 5.84 Å². The Morgan fingerprint density at radius 3 is 2.29 bits per heavy atom. The van der Waals surface area contributed by atoms with E-state index in [4.69, 9.17) is 4.99 Å². The number of aliphatic imine (C=N–C) groups is 1. The van der Waals surface area contributed by atoms with Crippen LogP contribution in [0.1, 0.15) is 36.4 Å². The van der Waals surface area contributed by atoms with E-state index in [1.165, 1.54) is 17.0 Å². The van der Waals surface area contributed by atoms with Crippen molar-refractivity contribution in [2.45, 2.75) is 25.3 Å². The molecule has 0 aromatic heterocycles. The van der Waals surface area contributed by atoms with Gasteiger partial charge in [-0.05, 0) is 18.1 Å². The van der Waals surface area contributed by atoms with Crippen molar-refractivity contribution in [3.63, 3.8) is 0 Å². The molecule has 0 amide bonds. The third kappa shape index (κ3) is 3.15. The van der Waals surface area contributed by atoms with E-state index in [1.807, 2.05) is 0 Å². The van der Waals surface area contributed by atoms with Crippen LogP contribution in [0.15, 0.2) is 65.7 Å². The second-order valence-electron chi connectivity index (χ2n) is 5.82. The molecule has 1 heterocycles. The van der Waals surface area contributed by atoms with Crippen molar-refractivity contribution in [1.82, 2.24) is 4.90 Å². The summed E-state index contributed by atoms with van der Waals surface area (Å²) in [5.74, 6) is 1.79. The third-order valence-corrected chi connectivity index (χ3v) is 4.26. The highest BCUT2D eigenvalue weighted by Crippen LogP contribution is 2.29. The number of likely N-dealkylation sites (N-methyl/N-ethyl adjacent to an activating group) is 1. The van der Waals surface area contributed by atoms with Crippen LogP contribution in [0.4, 0.5) is 0 Å². The molecule has 1 aliphatic heterocycles. The average molecular weight is 278 g/mol. The van der Waals surface area contributed by atoms with Gasteiger partial charge >= 0.3 is 0 Å². The normalized spacial score (nSPS) is 21.7. The molecule has 0 bridgehead atoms. The summed E-state index contributed by atoms with van der Waals surface area (Å²) in [6.07, 6.45) is 1.04. The van der Waals surface area contributed by atoms with Crippen LogP contribution in [0.25, 0.3) is 0 Å². The molecule has 21 heavy (non-hydrogen) atoms. The maximum Gasteiger partial charge on any atom is 0.100 e. The first-order valence-electron chi connectivity index (χ1n) is 7.61. The van der Waals surface area contributed by atoms with Crippen LogP contribution in [0.3, 0.4) is 0 Å². The zero-order chi connectivity index (χ0) is 14.7. The lowest BCUT2D eigenvalue weighted by Crippen LogP contribution is -2.20. The fourth-order valence-corrected chi connectivity index (χ4v) is 3.01. The minimum atomic E-state index is 0.221. The van der Waals surface area contributed by atoms with Crippen LogP contribution in [0.5, 0.6) is 0 Å². The van der Waals surface area contributed by atoms with Crippen molar-refractivity contribution in [3.05, 3.63) is 71.8 Å². The molecular formula is C19H22N2. The van der Waals surface area contributed by atoms with Crippen LogP contribution in [-0.4, -0.2) is 24.3 Å². The SMILES string of the molecule is CC(N=C1CC(c2ccccc2)CN1C)c1ccccc1. The molecule has 0 aliphatic carbocycles. The van der Waals surface area contributed by atoms with Crippen molar-refractivity contribution in [1.29, 1.82) is 0 Å². The molecule has 2 aromatic rings. The summed E-state index contributed by atoms with van der Waals surface area (Å²) in [5, 5.41) is 0. The van der Waals surface area contributed by atoms with Gasteiger partial charge in [0.05, 0.1) is 6.04 Å². The Bertz CT molecular complexity index is 604. The van der Waals surface area contributed by atoms with E-state index in [0.717, 1.165) is 13.0 Å². The van der Waals surface area contributed by atoms with Crippen LogP contribution < -0.4 is 0 Å². The van der Waals surface area contributed by atoms with E-state index in [1.54, 1.807) is 0 Å². The first-order valence-corrected chi connectivity index (χ1v) is 7.61. The van der Waals surface area contributed by atoms with Crippen molar-refractivity contribution in [3.8, 4) is 0 Å². The van der Waals surface area contributed by atoms with Gasteiger partial charge in [0.2, 0.25) is 0 Å². The predicted molar refractivity (Wildman–Crippen MR) is 88.7 cm³/mol. The maximum atomic E-state index is 4.95.